The Bertz CT molecular complexity index is 10.8. The summed E-state index contributed by atoms with van der Waals surface area (Å²) in [5, 5.41) is 0. The molecular formula is CH3Cl3OSn. The summed E-state index contributed by atoms with van der Waals surface area (Å²) in [6, 6.07) is 0. The van der Waals surface area contributed by atoms with Crippen LogP contribution in [0.1, 0.15) is 0 Å². The van der Waals surface area contributed by atoms with E-state index in [0.717, 1.165) is 22.9 Å². The van der Waals surface area contributed by atoms with E-state index in [1.54, 1.807) is 7.11 Å². The maximum atomic E-state index is 4.34. The van der Waals surface area contributed by atoms with Gasteiger partial charge in [0.15, 0.2) is 0 Å². The van der Waals surface area contributed by atoms with Crippen LogP contribution in [0.5, 0.6) is 0 Å². The fraction of sp³-hybridized carbons (Fsp3) is 1.00. The summed E-state index contributed by atoms with van der Waals surface area (Å²) < 4.78 is 4.34. The predicted octanol–water partition coefficient (Wildman–Crippen LogP) is -9.27. The molecule has 0 unspecified atom stereocenters. The van der Waals surface area contributed by atoms with E-state index in [1.807, 2.05) is 0 Å². The van der Waals surface area contributed by atoms with Gasteiger partial charge in [-0.2, -0.15) is 0 Å². The first-order chi connectivity index (χ1) is 1.41. The molecule has 0 saturated heterocycles. The third-order valence-corrected chi connectivity index (χ3v) is 0. The second kappa shape index (κ2) is 30.4. The van der Waals surface area contributed by atoms with Gasteiger partial charge >= 0.3 is 33.1 Å². The maximum Gasteiger partial charge on any atom is -1.00 e. The Balaban J connectivity index is -0.00000000667. The molecular weight excluding hydrogens is 253 g/mol. The SMILES string of the molecule is C[O][Sn+3].[Cl-].[Cl-].[Cl-]. The monoisotopic (exact) mass is 256 g/mol. The molecule has 0 aromatic heterocycles. The van der Waals surface area contributed by atoms with Crippen LogP contribution in [0, 0.1) is 0 Å². The van der Waals surface area contributed by atoms with Crippen LogP contribution in [0.15, 0.2) is 0 Å². The van der Waals surface area contributed by atoms with Gasteiger partial charge in [-0.15, -0.1) is 0 Å². The Morgan fingerprint density at radius 2 is 1.17 bits per heavy atom. The van der Waals surface area contributed by atoms with Gasteiger partial charge in [0.2, 0.25) is 0 Å². The average molecular weight is 256 g/mol. The van der Waals surface area contributed by atoms with Crippen molar-refractivity contribution in [3.05, 3.63) is 0 Å². The third kappa shape index (κ3) is 45.5. The molecule has 0 aliphatic carbocycles. The molecule has 0 aliphatic rings. The van der Waals surface area contributed by atoms with Crippen LogP contribution in [0.4, 0.5) is 0 Å². The fourth-order valence-corrected chi connectivity index (χ4v) is 0. The summed E-state index contributed by atoms with van der Waals surface area (Å²) in [5.41, 5.74) is 0. The summed E-state index contributed by atoms with van der Waals surface area (Å²) in [6.45, 7) is 0. The van der Waals surface area contributed by atoms with Crippen molar-refractivity contribution < 1.29 is 40.3 Å². The van der Waals surface area contributed by atoms with E-state index in [2.05, 4.69) is 3.07 Å². The van der Waals surface area contributed by atoms with Gasteiger partial charge in [-0.3, -0.25) is 0 Å². The molecule has 0 aliphatic heterocycles. The van der Waals surface area contributed by atoms with Crippen molar-refractivity contribution in [1.29, 1.82) is 0 Å². The average Bonchev–Trinajstić information content (AvgIpc) is 0.918. The number of hydrogen-bond donors (Lipinski definition) is 0. The minimum Gasteiger partial charge on any atom is -1.00 e. The quantitative estimate of drug-likeness (QED) is 0.391. The topological polar surface area (TPSA) is 9.23 Å². The molecule has 1 nitrogen and oxygen atoms in total. The summed E-state index contributed by atoms with van der Waals surface area (Å²) in [5.74, 6) is 0. The van der Waals surface area contributed by atoms with Gasteiger partial charge in [0.05, 0.1) is 0 Å². The van der Waals surface area contributed by atoms with E-state index < -0.39 is 0 Å². The van der Waals surface area contributed by atoms with Gasteiger partial charge in [-0.25, -0.2) is 0 Å². The van der Waals surface area contributed by atoms with Crippen LogP contribution in [-0.4, -0.2) is 30.0 Å². The van der Waals surface area contributed by atoms with Crippen LogP contribution in [0.3, 0.4) is 0 Å². The van der Waals surface area contributed by atoms with Crippen molar-refractivity contribution in [2.45, 2.75) is 0 Å². The molecule has 0 atom stereocenters. The van der Waals surface area contributed by atoms with Gasteiger partial charge < -0.3 is 37.2 Å². The van der Waals surface area contributed by atoms with Crippen molar-refractivity contribution in [3.8, 4) is 0 Å². The largest absolute Gasteiger partial charge is 1.00 e. The van der Waals surface area contributed by atoms with Crippen LogP contribution in [0.2, 0.25) is 0 Å². The molecule has 0 heterocycles. The van der Waals surface area contributed by atoms with Crippen LogP contribution in [-0.2, 0) is 3.07 Å². The van der Waals surface area contributed by atoms with Gasteiger partial charge in [-0.05, 0) is 0 Å². The molecule has 5 heteroatoms. The molecule has 6 heavy (non-hydrogen) atoms. The first kappa shape index (κ1) is 25.5. The first-order valence-electron chi connectivity index (χ1n) is 0.612. The summed E-state index contributed by atoms with van der Waals surface area (Å²) in [4.78, 5) is 0. The molecule has 0 aromatic carbocycles. The number of rotatable bonds is 0. The molecule has 0 N–H and O–H groups in total. The van der Waals surface area contributed by atoms with E-state index in [-0.39, 0.29) is 37.2 Å². The minimum atomic E-state index is 0. The molecule has 0 aromatic rings. The standard InChI is InChI=1S/CH3O.3ClH.Sn/c1-2;;;;/h1H3;3*1H;/q-1;;;;+4/p-3. The van der Waals surface area contributed by atoms with Gasteiger partial charge in [-0.1, -0.05) is 0 Å². The molecule has 0 amide bonds. The summed E-state index contributed by atoms with van der Waals surface area (Å²) in [7, 11) is 1.66. The van der Waals surface area contributed by atoms with E-state index in [4.69, 9.17) is 0 Å². The Morgan fingerprint density at radius 3 is 1.17 bits per heavy atom. The maximum absolute atomic E-state index is 4.34. The number of halogens is 3. The molecule has 0 bridgehead atoms. The summed E-state index contributed by atoms with van der Waals surface area (Å²) in [6.07, 6.45) is 0. The fourth-order valence-electron chi connectivity index (χ4n) is 0. The van der Waals surface area contributed by atoms with Crippen molar-refractivity contribution in [2.75, 3.05) is 7.11 Å². The van der Waals surface area contributed by atoms with Crippen molar-refractivity contribution in [1.82, 2.24) is 0 Å². The van der Waals surface area contributed by atoms with Gasteiger partial charge in [0, 0.05) is 0 Å². The molecule has 0 fully saturated rings. The minimum absolute atomic E-state index is 0. The zero-order valence-corrected chi connectivity index (χ0v) is 8.16. The Labute approximate surface area is 70.1 Å². The Morgan fingerprint density at radius 1 is 1.17 bits per heavy atom. The zero-order chi connectivity index (χ0) is 2.71. The smallest absolute Gasteiger partial charge is 1.00 e. The van der Waals surface area contributed by atoms with Crippen molar-refractivity contribution in [3.63, 3.8) is 0 Å². The van der Waals surface area contributed by atoms with E-state index in [9.17, 15) is 0 Å². The molecule has 0 saturated carbocycles. The predicted molar refractivity (Wildman–Crippen MR) is 12.8 cm³/mol. The third-order valence-electron chi connectivity index (χ3n) is 0. The first-order valence-corrected chi connectivity index (χ1v) is 1.78. The summed E-state index contributed by atoms with van der Waals surface area (Å²) >= 11 is 1.14. The van der Waals surface area contributed by atoms with E-state index >= 15 is 0 Å². The van der Waals surface area contributed by atoms with Crippen LogP contribution >= 0.6 is 0 Å². The van der Waals surface area contributed by atoms with Gasteiger partial charge in [0.1, 0.15) is 0 Å². The Hall–Kier alpha value is 1.63. The van der Waals surface area contributed by atoms with Crippen LogP contribution < -0.4 is 37.2 Å². The number of hydrogen-bond acceptors (Lipinski definition) is 1. The second-order valence-electron chi connectivity index (χ2n) is 0.204. The van der Waals surface area contributed by atoms with E-state index in [1.165, 1.54) is 0 Å². The zero-order valence-electron chi connectivity index (χ0n) is 3.04. The Kier molecular flexibility index (Phi) is 129. The molecule has 0 spiro atoms. The molecule has 0 rings (SSSR count). The van der Waals surface area contributed by atoms with Crippen LogP contribution in [0.25, 0.3) is 0 Å². The second-order valence-corrected chi connectivity index (χ2v) is 1.37. The van der Waals surface area contributed by atoms with Crippen molar-refractivity contribution in [2.24, 2.45) is 0 Å². The molecule has 38 valence electrons. The van der Waals surface area contributed by atoms with Gasteiger partial charge in [0.25, 0.3) is 0 Å². The normalized spacial score (nSPS) is 3.17. The molecule has 0 radical (unpaired) electrons. The van der Waals surface area contributed by atoms with E-state index in [0.29, 0.717) is 0 Å². The van der Waals surface area contributed by atoms with Crippen molar-refractivity contribution >= 4 is 22.9 Å².